The average molecular weight is 320 g/mol. The first kappa shape index (κ1) is 16.4. The van der Waals surface area contributed by atoms with E-state index >= 15 is 0 Å². The first-order valence-corrected chi connectivity index (χ1v) is 8.18. The molecule has 0 saturated heterocycles. The van der Waals surface area contributed by atoms with Crippen molar-refractivity contribution < 1.29 is 4.79 Å². The van der Waals surface area contributed by atoms with Crippen molar-refractivity contribution in [1.82, 2.24) is 30.0 Å². The highest BCUT2D eigenvalue weighted by Gasteiger charge is 2.15. The molecule has 2 aromatic rings. The van der Waals surface area contributed by atoms with E-state index in [1.54, 1.807) is 6.20 Å². The van der Waals surface area contributed by atoms with Crippen molar-refractivity contribution in [2.24, 2.45) is 0 Å². The quantitative estimate of drug-likeness (QED) is 0.618. The second-order valence-electron chi connectivity index (χ2n) is 4.90. The Bertz CT molecular complexity index is 629. The summed E-state index contributed by atoms with van der Waals surface area (Å²) in [5.41, 5.74) is 0.888. The van der Waals surface area contributed by atoms with Crippen LogP contribution in [0.25, 0.3) is 0 Å². The van der Waals surface area contributed by atoms with Crippen LogP contribution in [0.5, 0.6) is 0 Å². The molecule has 0 unspecified atom stereocenters. The first-order chi connectivity index (χ1) is 10.6. The SMILES string of the molecule is CCCn1ncnc1[C@H](C)NC(=O)CSc1nccc(C)n1. The summed E-state index contributed by atoms with van der Waals surface area (Å²) >= 11 is 1.32. The molecule has 2 rings (SSSR count). The molecule has 1 atom stereocenters. The average Bonchev–Trinajstić information content (AvgIpc) is 2.94. The number of carbonyl (C=O) groups is 1. The fourth-order valence-electron chi connectivity index (χ4n) is 1.97. The van der Waals surface area contributed by atoms with Crippen LogP contribution in [0.3, 0.4) is 0 Å². The maximum atomic E-state index is 12.0. The van der Waals surface area contributed by atoms with Crippen molar-refractivity contribution in [2.75, 3.05) is 5.75 Å². The van der Waals surface area contributed by atoms with Gasteiger partial charge in [0.05, 0.1) is 11.8 Å². The minimum atomic E-state index is -0.180. The lowest BCUT2D eigenvalue weighted by Gasteiger charge is -2.14. The summed E-state index contributed by atoms with van der Waals surface area (Å²) in [4.78, 5) is 24.6. The Balaban J connectivity index is 1.87. The molecule has 1 amide bonds. The van der Waals surface area contributed by atoms with Crippen LogP contribution in [0.1, 0.15) is 37.8 Å². The van der Waals surface area contributed by atoms with Gasteiger partial charge in [-0.25, -0.2) is 19.6 Å². The molecule has 0 aliphatic rings. The van der Waals surface area contributed by atoms with Gasteiger partial charge in [-0.2, -0.15) is 5.10 Å². The zero-order valence-corrected chi connectivity index (χ0v) is 13.8. The van der Waals surface area contributed by atoms with Gasteiger partial charge in [0.25, 0.3) is 0 Å². The van der Waals surface area contributed by atoms with Gasteiger partial charge in [-0.1, -0.05) is 18.7 Å². The highest BCUT2D eigenvalue weighted by atomic mass is 32.2. The molecule has 22 heavy (non-hydrogen) atoms. The molecule has 0 aliphatic heterocycles. The van der Waals surface area contributed by atoms with Gasteiger partial charge in [-0.05, 0) is 26.3 Å². The van der Waals surface area contributed by atoms with Gasteiger partial charge in [0.1, 0.15) is 12.2 Å². The molecule has 2 aromatic heterocycles. The molecule has 0 fully saturated rings. The first-order valence-electron chi connectivity index (χ1n) is 7.19. The topological polar surface area (TPSA) is 85.6 Å². The molecule has 0 saturated carbocycles. The molecule has 0 spiro atoms. The van der Waals surface area contributed by atoms with E-state index in [9.17, 15) is 4.79 Å². The minimum Gasteiger partial charge on any atom is -0.346 e. The number of carbonyl (C=O) groups excluding carboxylic acids is 1. The molecule has 0 aliphatic carbocycles. The van der Waals surface area contributed by atoms with Crippen LogP contribution in [0.2, 0.25) is 0 Å². The Labute approximate surface area is 134 Å². The molecule has 0 bridgehead atoms. The minimum absolute atomic E-state index is 0.0753. The molecule has 1 N–H and O–H groups in total. The third-order valence-electron chi connectivity index (χ3n) is 2.95. The molecule has 0 aromatic carbocycles. The second-order valence-corrected chi connectivity index (χ2v) is 5.84. The lowest BCUT2D eigenvalue weighted by molar-refractivity contribution is -0.119. The Morgan fingerprint density at radius 3 is 3.00 bits per heavy atom. The molecule has 0 radical (unpaired) electrons. The summed E-state index contributed by atoms with van der Waals surface area (Å²) in [6.07, 6.45) is 4.18. The Morgan fingerprint density at radius 1 is 1.45 bits per heavy atom. The van der Waals surface area contributed by atoms with Crippen molar-refractivity contribution in [1.29, 1.82) is 0 Å². The fraction of sp³-hybridized carbons (Fsp3) is 0.500. The van der Waals surface area contributed by atoms with Gasteiger partial charge in [0.15, 0.2) is 5.16 Å². The lowest BCUT2D eigenvalue weighted by Crippen LogP contribution is -2.30. The highest BCUT2D eigenvalue weighted by molar-refractivity contribution is 7.99. The van der Waals surface area contributed by atoms with Crippen molar-refractivity contribution >= 4 is 17.7 Å². The number of hydrogen-bond donors (Lipinski definition) is 1. The smallest absolute Gasteiger partial charge is 0.231 e. The summed E-state index contributed by atoms with van der Waals surface area (Å²) in [6, 6.07) is 1.65. The number of aryl methyl sites for hydroxylation is 2. The van der Waals surface area contributed by atoms with Gasteiger partial charge >= 0.3 is 0 Å². The maximum absolute atomic E-state index is 12.0. The van der Waals surface area contributed by atoms with Gasteiger partial charge in [-0.3, -0.25) is 4.79 Å². The number of nitrogens with zero attached hydrogens (tertiary/aromatic N) is 5. The van der Waals surface area contributed by atoms with Crippen molar-refractivity contribution in [2.45, 2.75) is 44.9 Å². The summed E-state index contributed by atoms with van der Waals surface area (Å²) in [5.74, 6) is 0.969. The van der Waals surface area contributed by atoms with E-state index in [0.29, 0.717) is 5.16 Å². The largest absolute Gasteiger partial charge is 0.346 e. The highest BCUT2D eigenvalue weighted by Crippen LogP contribution is 2.13. The van der Waals surface area contributed by atoms with Crippen LogP contribution >= 0.6 is 11.8 Å². The van der Waals surface area contributed by atoms with Crippen molar-refractivity contribution in [3.8, 4) is 0 Å². The lowest BCUT2D eigenvalue weighted by atomic mass is 10.3. The number of rotatable bonds is 7. The zero-order valence-electron chi connectivity index (χ0n) is 13.0. The molecule has 8 heteroatoms. The third kappa shape index (κ3) is 4.52. The molecular formula is C14H20N6OS. The van der Waals surface area contributed by atoms with Crippen LogP contribution < -0.4 is 5.32 Å². The van der Waals surface area contributed by atoms with Gasteiger partial charge in [0, 0.05) is 18.4 Å². The van der Waals surface area contributed by atoms with Gasteiger partial charge < -0.3 is 5.32 Å². The summed E-state index contributed by atoms with van der Waals surface area (Å²) in [5, 5.41) is 7.70. The number of hydrogen-bond acceptors (Lipinski definition) is 6. The normalized spacial score (nSPS) is 12.1. The van der Waals surface area contributed by atoms with E-state index in [2.05, 4.69) is 32.3 Å². The van der Waals surface area contributed by atoms with E-state index in [1.807, 2.05) is 24.6 Å². The van der Waals surface area contributed by atoms with Crippen molar-refractivity contribution in [3.63, 3.8) is 0 Å². The predicted octanol–water partition coefficient (Wildman–Crippen LogP) is 1.76. The van der Waals surface area contributed by atoms with E-state index < -0.39 is 0 Å². The summed E-state index contributed by atoms with van der Waals surface area (Å²) < 4.78 is 1.82. The Morgan fingerprint density at radius 2 is 2.27 bits per heavy atom. The van der Waals surface area contributed by atoms with E-state index in [4.69, 9.17) is 0 Å². The van der Waals surface area contributed by atoms with Crippen LogP contribution in [0, 0.1) is 6.92 Å². The number of thioether (sulfide) groups is 1. The Kier molecular flexibility index (Phi) is 5.88. The molecule has 118 valence electrons. The summed E-state index contributed by atoms with van der Waals surface area (Å²) in [7, 11) is 0. The third-order valence-corrected chi connectivity index (χ3v) is 3.81. The maximum Gasteiger partial charge on any atom is 0.231 e. The van der Waals surface area contributed by atoms with Crippen LogP contribution in [0.15, 0.2) is 23.7 Å². The van der Waals surface area contributed by atoms with Crippen LogP contribution in [0.4, 0.5) is 0 Å². The molecule has 2 heterocycles. The van der Waals surface area contributed by atoms with E-state index in [-0.39, 0.29) is 17.7 Å². The van der Waals surface area contributed by atoms with Crippen molar-refractivity contribution in [3.05, 3.63) is 30.1 Å². The van der Waals surface area contributed by atoms with Gasteiger partial charge in [0.2, 0.25) is 5.91 Å². The molecular weight excluding hydrogens is 300 g/mol. The molecule has 7 nitrogen and oxygen atoms in total. The fourth-order valence-corrected chi connectivity index (χ4v) is 2.65. The van der Waals surface area contributed by atoms with E-state index in [0.717, 1.165) is 24.5 Å². The number of amides is 1. The number of aromatic nitrogens is 5. The van der Waals surface area contributed by atoms with Gasteiger partial charge in [-0.15, -0.1) is 0 Å². The summed E-state index contributed by atoms with van der Waals surface area (Å²) in [6.45, 7) is 6.67. The monoisotopic (exact) mass is 320 g/mol. The Hall–Kier alpha value is -1.96. The predicted molar refractivity (Wildman–Crippen MR) is 84.4 cm³/mol. The van der Waals surface area contributed by atoms with Crippen LogP contribution in [-0.4, -0.2) is 36.4 Å². The standard InChI is InChI=1S/C14H20N6OS/c1-4-7-20-13(16-9-17-20)11(3)19-12(21)8-22-14-15-6-5-10(2)18-14/h5-6,9,11H,4,7-8H2,1-3H3,(H,19,21)/t11-/m0/s1. The van der Waals surface area contributed by atoms with Crippen LogP contribution in [-0.2, 0) is 11.3 Å². The second kappa shape index (κ2) is 7.88. The van der Waals surface area contributed by atoms with E-state index in [1.165, 1.54) is 18.1 Å². The zero-order chi connectivity index (χ0) is 15.9. The number of nitrogens with one attached hydrogen (secondary N) is 1.